The normalized spacial score (nSPS) is 9.46. The van der Waals surface area contributed by atoms with Gasteiger partial charge in [0, 0.05) is 11.8 Å². The summed E-state index contributed by atoms with van der Waals surface area (Å²) in [5.74, 6) is 4.33. The average molecular weight is 183 g/mol. The lowest BCUT2D eigenvalue weighted by atomic mass is 10.4. The smallest absolute Gasteiger partial charge is 0.376 e. The third kappa shape index (κ3) is 2.12. The van der Waals surface area contributed by atoms with Crippen LogP contribution in [-0.2, 0) is 4.74 Å². The Balaban J connectivity index is 3.08. The predicted octanol–water partition coefficient (Wildman–Crippen LogP) is -0.176. The Morgan fingerprint density at radius 1 is 1.54 bits per heavy atom. The van der Waals surface area contributed by atoms with Crippen LogP contribution in [0, 0.1) is 6.92 Å². The number of rotatable bonds is 2. The lowest BCUT2D eigenvalue weighted by Crippen LogP contribution is -2.11. The molecule has 2 N–H and O–H groups in total. The number of hydrogen-bond acceptors (Lipinski definition) is 6. The van der Waals surface area contributed by atoms with Gasteiger partial charge in [0.25, 0.3) is 0 Å². The van der Waals surface area contributed by atoms with Crippen LogP contribution in [0.5, 0.6) is 5.88 Å². The summed E-state index contributed by atoms with van der Waals surface area (Å²) < 4.78 is 4.43. The Bertz CT molecular complexity index is 327. The van der Waals surface area contributed by atoms with Crippen LogP contribution >= 0.6 is 0 Å². The van der Waals surface area contributed by atoms with Crippen molar-refractivity contribution < 1.29 is 14.4 Å². The first-order valence-electron chi connectivity index (χ1n) is 3.48. The van der Waals surface area contributed by atoms with E-state index in [1.807, 2.05) is 0 Å². The zero-order valence-electron chi connectivity index (χ0n) is 7.27. The molecule has 1 aromatic rings. The fourth-order valence-electron chi connectivity index (χ4n) is 0.783. The lowest BCUT2D eigenvalue weighted by molar-refractivity contribution is 0.0585. The first-order chi connectivity index (χ1) is 6.17. The summed E-state index contributed by atoms with van der Waals surface area (Å²) >= 11 is 0. The topological polar surface area (TPSA) is 87.3 Å². The zero-order chi connectivity index (χ0) is 9.84. The lowest BCUT2D eigenvalue weighted by Gasteiger charge is -2.01. The summed E-state index contributed by atoms with van der Waals surface area (Å²) in [5, 5.41) is 0. The molecule has 0 aromatic carbocycles. The van der Waals surface area contributed by atoms with E-state index in [1.165, 1.54) is 13.2 Å². The Kier molecular flexibility index (Phi) is 2.76. The average Bonchev–Trinajstić information content (AvgIpc) is 2.15. The molecule has 0 amide bonds. The van der Waals surface area contributed by atoms with Gasteiger partial charge in [0.1, 0.15) is 0 Å². The maximum atomic E-state index is 11.0. The molecule has 0 aliphatic heterocycles. The van der Waals surface area contributed by atoms with Crippen molar-refractivity contribution in [2.75, 3.05) is 7.11 Å². The fraction of sp³-hybridized carbons (Fsp3) is 0.286. The minimum Gasteiger partial charge on any atom is -0.463 e. The molecule has 6 nitrogen and oxygen atoms in total. The van der Waals surface area contributed by atoms with Crippen molar-refractivity contribution in [1.82, 2.24) is 9.97 Å². The molecule has 0 atom stereocenters. The highest BCUT2D eigenvalue weighted by Gasteiger charge is 2.11. The van der Waals surface area contributed by atoms with Crippen LogP contribution in [0.3, 0.4) is 0 Å². The maximum absolute atomic E-state index is 11.0. The van der Waals surface area contributed by atoms with Gasteiger partial charge in [-0.05, 0) is 6.92 Å². The van der Waals surface area contributed by atoms with Gasteiger partial charge in [-0.15, -0.1) is 0 Å². The molecular weight excluding hydrogens is 174 g/mol. The largest absolute Gasteiger partial charge is 0.463 e. The van der Waals surface area contributed by atoms with Crippen LogP contribution in [0.1, 0.15) is 16.3 Å². The SMILES string of the molecule is COC(=O)c1nc(C)cc(ON)n1. The van der Waals surface area contributed by atoms with Crippen molar-refractivity contribution >= 4 is 5.97 Å². The first-order valence-corrected chi connectivity index (χ1v) is 3.48. The molecular formula is C7H9N3O3. The summed E-state index contributed by atoms with van der Waals surface area (Å²) in [5.41, 5.74) is 0.579. The molecule has 1 rings (SSSR count). The van der Waals surface area contributed by atoms with Crippen LogP contribution in [-0.4, -0.2) is 23.0 Å². The highest BCUT2D eigenvalue weighted by molar-refractivity contribution is 5.85. The summed E-state index contributed by atoms with van der Waals surface area (Å²) in [6.07, 6.45) is 0. The van der Waals surface area contributed by atoms with Gasteiger partial charge < -0.3 is 9.57 Å². The zero-order valence-corrected chi connectivity index (χ0v) is 7.27. The molecule has 0 aliphatic carbocycles. The van der Waals surface area contributed by atoms with E-state index in [-0.39, 0.29) is 11.7 Å². The number of ether oxygens (including phenoxy) is 1. The quantitative estimate of drug-likeness (QED) is 0.505. The van der Waals surface area contributed by atoms with Crippen molar-refractivity contribution in [1.29, 1.82) is 0 Å². The maximum Gasteiger partial charge on any atom is 0.376 e. The summed E-state index contributed by atoms with van der Waals surface area (Å²) in [6, 6.07) is 1.51. The molecule has 0 aliphatic rings. The standard InChI is InChI=1S/C7H9N3O3/c1-4-3-5(13-8)10-6(9-4)7(11)12-2/h3H,8H2,1-2H3. The van der Waals surface area contributed by atoms with Gasteiger partial charge in [0.2, 0.25) is 11.7 Å². The van der Waals surface area contributed by atoms with Crippen molar-refractivity contribution in [2.24, 2.45) is 5.90 Å². The molecule has 0 spiro atoms. The van der Waals surface area contributed by atoms with Crippen molar-refractivity contribution in [3.8, 4) is 5.88 Å². The van der Waals surface area contributed by atoms with Crippen LogP contribution < -0.4 is 10.7 Å². The number of aryl methyl sites for hydroxylation is 1. The van der Waals surface area contributed by atoms with E-state index < -0.39 is 5.97 Å². The van der Waals surface area contributed by atoms with E-state index >= 15 is 0 Å². The molecule has 1 aromatic heterocycles. The molecule has 6 heteroatoms. The van der Waals surface area contributed by atoms with Crippen LogP contribution in [0.2, 0.25) is 0 Å². The molecule has 13 heavy (non-hydrogen) atoms. The summed E-state index contributed by atoms with van der Waals surface area (Å²) in [4.78, 5) is 22.9. The molecule has 1 heterocycles. The number of aromatic nitrogens is 2. The number of nitrogens with zero attached hydrogens (tertiary/aromatic N) is 2. The third-order valence-electron chi connectivity index (χ3n) is 1.32. The van der Waals surface area contributed by atoms with Gasteiger partial charge >= 0.3 is 5.97 Å². The number of methoxy groups -OCH3 is 1. The number of nitrogens with two attached hydrogens (primary N) is 1. The fourth-order valence-corrected chi connectivity index (χ4v) is 0.783. The second-order valence-electron chi connectivity index (χ2n) is 2.28. The van der Waals surface area contributed by atoms with Gasteiger partial charge in [-0.3, -0.25) is 0 Å². The molecule has 0 unspecified atom stereocenters. The second kappa shape index (κ2) is 3.81. The molecule has 0 saturated heterocycles. The number of esters is 1. The Labute approximate surface area is 74.6 Å². The van der Waals surface area contributed by atoms with Crippen molar-refractivity contribution in [3.05, 3.63) is 17.6 Å². The van der Waals surface area contributed by atoms with Crippen LogP contribution in [0.4, 0.5) is 0 Å². The number of hydrogen-bond donors (Lipinski definition) is 1. The first kappa shape index (κ1) is 9.40. The van der Waals surface area contributed by atoms with E-state index in [0.717, 1.165) is 0 Å². The molecule has 0 radical (unpaired) electrons. The third-order valence-corrected chi connectivity index (χ3v) is 1.32. The predicted molar refractivity (Wildman–Crippen MR) is 42.9 cm³/mol. The summed E-state index contributed by atoms with van der Waals surface area (Å²) in [6.45, 7) is 1.69. The van der Waals surface area contributed by atoms with Crippen LogP contribution in [0.15, 0.2) is 6.07 Å². The van der Waals surface area contributed by atoms with Gasteiger partial charge in [0.05, 0.1) is 7.11 Å². The molecule has 0 bridgehead atoms. The number of carbonyl (C=O) groups is 1. The summed E-state index contributed by atoms with van der Waals surface area (Å²) in [7, 11) is 1.25. The van der Waals surface area contributed by atoms with Gasteiger partial charge in [-0.25, -0.2) is 9.78 Å². The minimum absolute atomic E-state index is 0.0667. The van der Waals surface area contributed by atoms with Crippen LogP contribution in [0.25, 0.3) is 0 Å². The Hall–Kier alpha value is -1.69. The van der Waals surface area contributed by atoms with E-state index in [0.29, 0.717) is 5.69 Å². The van der Waals surface area contributed by atoms with Gasteiger partial charge in [-0.1, -0.05) is 0 Å². The molecule has 0 saturated carbocycles. The molecule has 70 valence electrons. The van der Waals surface area contributed by atoms with E-state index in [2.05, 4.69) is 19.5 Å². The minimum atomic E-state index is -0.623. The second-order valence-corrected chi connectivity index (χ2v) is 2.28. The van der Waals surface area contributed by atoms with Gasteiger partial charge in [-0.2, -0.15) is 10.9 Å². The van der Waals surface area contributed by atoms with Gasteiger partial charge in [0.15, 0.2) is 0 Å². The molecule has 0 fully saturated rings. The highest BCUT2D eigenvalue weighted by atomic mass is 16.6. The monoisotopic (exact) mass is 183 g/mol. The van der Waals surface area contributed by atoms with E-state index in [1.54, 1.807) is 6.92 Å². The number of carbonyl (C=O) groups excluding carboxylic acids is 1. The van der Waals surface area contributed by atoms with Crippen molar-refractivity contribution in [3.63, 3.8) is 0 Å². The Morgan fingerprint density at radius 3 is 2.77 bits per heavy atom. The Morgan fingerprint density at radius 2 is 2.23 bits per heavy atom. The van der Waals surface area contributed by atoms with E-state index in [9.17, 15) is 4.79 Å². The highest BCUT2D eigenvalue weighted by Crippen LogP contribution is 2.07. The van der Waals surface area contributed by atoms with Crippen molar-refractivity contribution in [2.45, 2.75) is 6.92 Å². The van der Waals surface area contributed by atoms with E-state index in [4.69, 9.17) is 5.90 Å².